The van der Waals surface area contributed by atoms with Crippen LogP contribution in [-0.2, 0) is 14.3 Å². The third-order valence-electron chi connectivity index (χ3n) is 15.6. The van der Waals surface area contributed by atoms with Crippen LogP contribution >= 0.6 is 0 Å². The van der Waals surface area contributed by atoms with Gasteiger partial charge in [0.25, 0.3) is 0 Å². The molecule has 3 saturated carbocycles. The monoisotopic (exact) mass is 638 g/mol. The number of aliphatic carboxylic acids is 1. The summed E-state index contributed by atoms with van der Waals surface area (Å²) in [6.45, 7) is 24.5. The van der Waals surface area contributed by atoms with Crippen molar-refractivity contribution in [1.29, 1.82) is 0 Å². The van der Waals surface area contributed by atoms with Gasteiger partial charge in [0.1, 0.15) is 0 Å². The van der Waals surface area contributed by atoms with Crippen LogP contribution in [0.1, 0.15) is 114 Å². The standard InChI is InChI=1S/C38H62N4O4/c1-23(2)25(5)34(7)15-16-35(8)26-11-12-29-33(6)19-28(42-40-17-18-41-42)31(46-21-37(10,39)24(3)4)38(29,22-45-20-33)27(26)13-14-36(35,9)30(34)32(43)44/h13,17-18,23-26,28-31H,11-12,14-16,19-22,39H2,1-10H3,(H,43,44)/t25-,26+,28-,29-,30-,31+,33-,34-,35-,36+,37+,38+/m1/s1. The molecule has 12 atom stereocenters. The molecule has 4 aliphatic carbocycles. The predicted molar refractivity (Wildman–Crippen MR) is 180 cm³/mol. The van der Waals surface area contributed by atoms with E-state index in [1.165, 1.54) is 5.57 Å². The lowest BCUT2D eigenvalue weighted by Crippen LogP contribution is -2.70. The molecule has 0 radical (unpaired) electrons. The summed E-state index contributed by atoms with van der Waals surface area (Å²) in [6, 6.07) is -0.0443. The van der Waals surface area contributed by atoms with Crippen molar-refractivity contribution in [1.82, 2.24) is 15.0 Å². The summed E-state index contributed by atoms with van der Waals surface area (Å²) in [4.78, 5) is 15.4. The van der Waals surface area contributed by atoms with Crippen molar-refractivity contribution in [3.63, 3.8) is 0 Å². The Labute approximate surface area is 277 Å². The zero-order valence-corrected chi connectivity index (χ0v) is 30.3. The molecule has 0 spiro atoms. The summed E-state index contributed by atoms with van der Waals surface area (Å²) < 4.78 is 13.9. The third-order valence-corrected chi connectivity index (χ3v) is 15.6. The first kappa shape index (κ1) is 34.1. The van der Waals surface area contributed by atoms with Crippen molar-refractivity contribution in [2.45, 2.75) is 125 Å². The summed E-state index contributed by atoms with van der Waals surface area (Å²) in [5, 5.41) is 20.5. The highest BCUT2D eigenvalue weighted by Crippen LogP contribution is 2.75. The molecular formula is C38H62N4O4. The van der Waals surface area contributed by atoms with Crippen molar-refractivity contribution in [3.05, 3.63) is 24.0 Å². The molecule has 1 saturated heterocycles. The number of hydrogen-bond acceptors (Lipinski definition) is 6. The molecule has 0 aromatic carbocycles. The molecule has 0 amide bonds. The van der Waals surface area contributed by atoms with Gasteiger partial charge in [-0.2, -0.15) is 15.0 Å². The first-order valence-electron chi connectivity index (χ1n) is 18.2. The fraction of sp³-hybridized carbons (Fsp3) is 0.868. The number of carbonyl (C=O) groups is 1. The van der Waals surface area contributed by atoms with Gasteiger partial charge in [-0.3, -0.25) is 4.79 Å². The minimum Gasteiger partial charge on any atom is -0.481 e. The van der Waals surface area contributed by atoms with Gasteiger partial charge in [0.2, 0.25) is 0 Å². The molecule has 3 N–H and O–H groups in total. The fourth-order valence-electron chi connectivity index (χ4n) is 11.9. The van der Waals surface area contributed by atoms with Gasteiger partial charge in [-0.05, 0) is 96.7 Å². The van der Waals surface area contributed by atoms with Crippen LogP contribution in [0.5, 0.6) is 0 Å². The second-order valence-corrected chi connectivity index (χ2v) is 18.4. The first-order chi connectivity index (χ1) is 21.4. The number of fused-ring (bicyclic) bond motifs is 3. The minimum absolute atomic E-state index is 0.0443. The smallest absolute Gasteiger partial charge is 0.307 e. The lowest BCUT2D eigenvalue weighted by atomic mass is 9.34. The Morgan fingerprint density at radius 2 is 1.76 bits per heavy atom. The van der Waals surface area contributed by atoms with E-state index in [9.17, 15) is 9.90 Å². The highest BCUT2D eigenvalue weighted by Gasteiger charge is 2.72. The van der Waals surface area contributed by atoms with Crippen LogP contribution in [0.25, 0.3) is 0 Å². The third kappa shape index (κ3) is 4.58. The van der Waals surface area contributed by atoms with Crippen LogP contribution in [0.3, 0.4) is 0 Å². The van der Waals surface area contributed by atoms with Crippen molar-refractivity contribution < 1.29 is 19.4 Å². The fourth-order valence-corrected chi connectivity index (χ4v) is 11.9. The highest BCUT2D eigenvalue weighted by atomic mass is 16.5. The largest absolute Gasteiger partial charge is 0.481 e. The summed E-state index contributed by atoms with van der Waals surface area (Å²) >= 11 is 0. The van der Waals surface area contributed by atoms with E-state index in [-0.39, 0.29) is 51.1 Å². The van der Waals surface area contributed by atoms with Gasteiger partial charge in [-0.15, -0.1) is 0 Å². The molecule has 1 aromatic rings. The average Bonchev–Trinajstić information content (AvgIpc) is 3.51. The second-order valence-electron chi connectivity index (χ2n) is 18.4. The van der Waals surface area contributed by atoms with Crippen LogP contribution in [0.2, 0.25) is 0 Å². The number of aromatic nitrogens is 3. The van der Waals surface area contributed by atoms with Gasteiger partial charge < -0.3 is 20.3 Å². The van der Waals surface area contributed by atoms with Crippen LogP contribution in [0.15, 0.2) is 24.0 Å². The maximum Gasteiger partial charge on any atom is 0.307 e. The topological polar surface area (TPSA) is 112 Å². The molecule has 6 rings (SSSR count). The second kappa shape index (κ2) is 11.1. The lowest BCUT2D eigenvalue weighted by molar-refractivity contribution is -0.255. The number of allylic oxidation sites excluding steroid dienone is 1. The Kier molecular flexibility index (Phi) is 8.25. The molecular weight excluding hydrogens is 576 g/mol. The van der Waals surface area contributed by atoms with Crippen molar-refractivity contribution >= 4 is 5.97 Å². The number of nitrogens with zero attached hydrogens (tertiary/aromatic N) is 3. The SMILES string of the molecule is CC(C)[C@@H](C)[C@@]1(C)CC[C@]2(C)[C@H]3CC[C@@H]4[C@@]5(C)COC[C@@]4(C3=CC[C@@]2(C)[C@@H]1C(=O)O)[C@@H](OC[C@](C)(N)C(C)C)[C@H](n1nccn1)C5. The van der Waals surface area contributed by atoms with Gasteiger partial charge in [0.05, 0.1) is 50.3 Å². The van der Waals surface area contributed by atoms with E-state index in [1.54, 1.807) is 12.4 Å². The van der Waals surface area contributed by atoms with E-state index >= 15 is 0 Å². The zero-order chi connectivity index (χ0) is 33.7. The van der Waals surface area contributed by atoms with Gasteiger partial charge in [0.15, 0.2) is 0 Å². The van der Waals surface area contributed by atoms with E-state index in [4.69, 9.17) is 25.4 Å². The van der Waals surface area contributed by atoms with Crippen LogP contribution < -0.4 is 5.73 Å². The van der Waals surface area contributed by atoms with E-state index in [0.717, 1.165) is 45.1 Å². The van der Waals surface area contributed by atoms with Crippen LogP contribution in [-0.4, -0.2) is 57.5 Å². The van der Waals surface area contributed by atoms with E-state index < -0.39 is 17.4 Å². The van der Waals surface area contributed by atoms with Crippen molar-refractivity contribution in [3.8, 4) is 0 Å². The molecule has 2 heterocycles. The van der Waals surface area contributed by atoms with E-state index in [2.05, 4.69) is 75.3 Å². The van der Waals surface area contributed by atoms with Gasteiger partial charge in [-0.1, -0.05) is 74.0 Å². The molecule has 8 nitrogen and oxygen atoms in total. The lowest BCUT2D eigenvalue weighted by Gasteiger charge is -2.71. The molecule has 4 fully saturated rings. The minimum atomic E-state index is -0.625. The quantitative estimate of drug-likeness (QED) is 0.291. The number of ether oxygens (including phenoxy) is 2. The number of carboxylic acids is 1. The molecule has 258 valence electrons. The van der Waals surface area contributed by atoms with Gasteiger partial charge in [0, 0.05) is 11.0 Å². The number of carboxylic acid groups (broad SMARTS) is 1. The maximum atomic E-state index is 13.5. The molecule has 46 heavy (non-hydrogen) atoms. The van der Waals surface area contributed by atoms with Crippen LogP contribution in [0, 0.1) is 62.6 Å². The van der Waals surface area contributed by atoms with Crippen molar-refractivity contribution in [2.24, 2.45) is 68.3 Å². The Morgan fingerprint density at radius 3 is 2.37 bits per heavy atom. The van der Waals surface area contributed by atoms with E-state index in [0.29, 0.717) is 31.0 Å². The Morgan fingerprint density at radius 1 is 1.09 bits per heavy atom. The number of hydrogen-bond donors (Lipinski definition) is 2. The Balaban J connectivity index is 1.51. The molecule has 8 heteroatoms. The Hall–Kier alpha value is -1.77. The molecule has 5 aliphatic rings. The van der Waals surface area contributed by atoms with E-state index in [1.807, 2.05) is 4.80 Å². The summed E-state index contributed by atoms with van der Waals surface area (Å²) in [7, 11) is 0. The number of rotatable bonds is 8. The Bertz CT molecular complexity index is 1340. The maximum absolute atomic E-state index is 13.5. The molecule has 2 bridgehead atoms. The first-order valence-corrected chi connectivity index (χ1v) is 18.2. The molecule has 0 unspecified atom stereocenters. The summed E-state index contributed by atoms with van der Waals surface area (Å²) in [6.07, 6.45) is 11.6. The normalized spacial score (nSPS) is 45.7. The zero-order valence-electron chi connectivity index (χ0n) is 30.3. The highest BCUT2D eigenvalue weighted by molar-refractivity contribution is 5.73. The summed E-state index contributed by atoms with van der Waals surface area (Å²) in [5.41, 5.74) is 6.65. The predicted octanol–water partition coefficient (Wildman–Crippen LogP) is 7.17. The number of nitrogens with two attached hydrogens (primary N) is 1. The van der Waals surface area contributed by atoms with Gasteiger partial charge in [-0.25, -0.2) is 0 Å². The van der Waals surface area contributed by atoms with Crippen molar-refractivity contribution in [2.75, 3.05) is 19.8 Å². The van der Waals surface area contributed by atoms with Crippen LogP contribution in [0.4, 0.5) is 0 Å². The molecule has 1 aromatic heterocycles. The van der Waals surface area contributed by atoms with Gasteiger partial charge >= 0.3 is 5.97 Å². The average molecular weight is 639 g/mol. The molecule has 1 aliphatic heterocycles. The summed E-state index contributed by atoms with van der Waals surface area (Å²) in [5.74, 6) is 0.609.